The summed E-state index contributed by atoms with van der Waals surface area (Å²) in [6.07, 6.45) is -4.74. The molecule has 0 bridgehead atoms. The van der Waals surface area contributed by atoms with Gasteiger partial charge in [0.1, 0.15) is 5.69 Å². The topological polar surface area (TPSA) is 72.4 Å². The Kier molecular flexibility index (Phi) is 5.65. The van der Waals surface area contributed by atoms with E-state index < -0.39 is 17.8 Å². The Labute approximate surface area is 190 Å². The van der Waals surface area contributed by atoms with Crippen LogP contribution in [0.25, 0.3) is 17.1 Å². The smallest absolute Gasteiger partial charge is 0.433 e. The molecule has 0 aliphatic heterocycles. The lowest BCUT2D eigenvalue weighted by atomic mass is 10.1. The van der Waals surface area contributed by atoms with E-state index in [1.807, 2.05) is 30.3 Å². The van der Waals surface area contributed by atoms with E-state index in [9.17, 15) is 18.0 Å². The van der Waals surface area contributed by atoms with Crippen molar-refractivity contribution in [1.29, 1.82) is 0 Å². The van der Waals surface area contributed by atoms with Crippen molar-refractivity contribution in [3.8, 4) is 11.5 Å². The standard InChI is InChI=1S/C20H13Br2F3N4O2/c1-10(11-5-3-2-4-6-11)26-19(30)17-16(22)18-27-12(13-7-8-15(21)31-13)9-14(20(23,24)25)29(18)28-17/h2-10H,1H3,(H,26,30)/t10-/m1/s1. The number of hydrogen-bond donors (Lipinski definition) is 1. The number of alkyl halides is 3. The first-order valence-electron chi connectivity index (χ1n) is 8.93. The third-order valence-electron chi connectivity index (χ3n) is 4.51. The van der Waals surface area contributed by atoms with E-state index in [-0.39, 0.29) is 33.3 Å². The van der Waals surface area contributed by atoms with Crippen LogP contribution in [0, 0.1) is 0 Å². The average Bonchev–Trinajstić information content (AvgIpc) is 3.31. The molecule has 0 saturated carbocycles. The molecule has 0 aliphatic rings. The minimum absolute atomic E-state index is 0.0447. The number of furan rings is 1. The Morgan fingerprint density at radius 3 is 2.48 bits per heavy atom. The summed E-state index contributed by atoms with van der Waals surface area (Å²) in [5, 5.41) is 6.64. The highest BCUT2D eigenvalue weighted by molar-refractivity contribution is 9.10. The summed E-state index contributed by atoms with van der Waals surface area (Å²) < 4.78 is 47.6. The fourth-order valence-electron chi connectivity index (χ4n) is 3.01. The first-order chi connectivity index (χ1) is 14.6. The molecule has 6 nitrogen and oxygen atoms in total. The molecule has 11 heteroatoms. The molecule has 0 radical (unpaired) electrons. The largest absolute Gasteiger partial charge is 0.448 e. The van der Waals surface area contributed by atoms with Crippen LogP contribution in [0.5, 0.6) is 0 Å². The van der Waals surface area contributed by atoms with Crippen molar-refractivity contribution in [3.63, 3.8) is 0 Å². The van der Waals surface area contributed by atoms with E-state index in [1.165, 1.54) is 6.07 Å². The fraction of sp³-hybridized carbons (Fsp3) is 0.150. The molecule has 160 valence electrons. The number of halogens is 5. The molecule has 1 aromatic carbocycles. The maximum Gasteiger partial charge on any atom is 0.433 e. The summed E-state index contributed by atoms with van der Waals surface area (Å²) in [6.45, 7) is 1.77. The lowest BCUT2D eigenvalue weighted by Gasteiger charge is -2.13. The molecule has 4 aromatic rings. The van der Waals surface area contributed by atoms with Crippen molar-refractivity contribution in [3.05, 3.63) is 74.6 Å². The van der Waals surface area contributed by atoms with Gasteiger partial charge in [0.25, 0.3) is 5.91 Å². The summed E-state index contributed by atoms with van der Waals surface area (Å²) in [5.41, 5.74) is -0.657. The van der Waals surface area contributed by atoms with Crippen molar-refractivity contribution in [1.82, 2.24) is 19.9 Å². The van der Waals surface area contributed by atoms with Gasteiger partial charge in [0.2, 0.25) is 0 Å². The molecule has 3 heterocycles. The maximum absolute atomic E-state index is 13.7. The van der Waals surface area contributed by atoms with Crippen LogP contribution in [0.2, 0.25) is 0 Å². The van der Waals surface area contributed by atoms with E-state index in [0.717, 1.165) is 11.6 Å². The summed E-state index contributed by atoms with van der Waals surface area (Å²) in [4.78, 5) is 17.0. The van der Waals surface area contributed by atoms with Crippen LogP contribution in [-0.2, 0) is 6.18 Å². The van der Waals surface area contributed by atoms with E-state index in [2.05, 4.69) is 47.3 Å². The number of nitrogens with zero attached hydrogens (tertiary/aromatic N) is 3. The Hall–Kier alpha value is -2.66. The van der Waals surface area contributed by atoms with Gasteiger partial charge in [-0.15, -0.1) is 0 Å². The van der Waals surface area contributed by atoms with Crippen LogP contribution >= 0.6 is 31.9 Å². The highest BCUT2D eigenvalue weighted by atomic mass is 79.9. The Balaban J connectivity index is 1.79. The van der Waals surface area contributed by atoms with Crippen LogP contribution in [0.15, 0.2) is 62.1 Å². The van der Waals surface area contributed by atoms with E-state index >= 15 is 0 Å². The van der Waals surface area contributed by atoms with Crippen molar-refractivity contribution in [2.45, 2.75) is 19.1 Å². The van der Waals surface area contributed by atoms with Gasteiger partial charge in [0.05, 0.1) is 10.5 Å². The second kappa shape index (κ2) is 8.12. The van der Waals surface area contributed by atoms with Gasteiger partial charge in [-0.3, -0.25) is 4.79 Å². The van der Waals surface area contributed by atoms with Gasteiger partial charge in [0.15, 0.2) is 27.5 Å². The molecule has 1 amide bonds. The number of rotatable bonds is 4. The summed E-state index contributed by atoms with van der Waals surface area (Å²) >= 11 is 6.32. The number of hydrogen-bond acceptors (Lipinski definition) is 4. The quantitative estimate of drug-likeness (QED) is 0.333. The van der Waals surface area contributed by atoms with Crippen LogP contribution in [0.4, 0.5) is 13.2 Å². The molecule has 1 N–H and O–H groups in total. The Bertz CT molecular complexity index is 1270. The van der Waals surface area contributed by atoms with E-state index in [1.54, 1.807) is 13.0 Å². The van der Waals surface area contributed by atoms with Gasteiger partial charge in [-0.2, -0.15) is 18.3 Å². The van der Waals surface area contributed by atoms with Crippen LogP contribution in [0.1, 0.15) is 34.7 Å². The molecule has 0 saturated heterocycles. The minimum Gasteiger partial charge on any atom is -0.448 e. The molecule has 1 atom stereocenters. The number of carbonyl (C=O) groups is 1. The normalized spacial score (nSPS) is 12.8. The van der Waals surface area contributed by atoms with Gasteiger partial charge < -0.3 is 9.73 Å². The lowest BCUT2D eigenvalue weighted by Crippen LogP contribution is -2.27. The highest BCUT2D eigenvalue weighted by Crippen LogP contribution is 2.35. The van der Waals surface area contributed by atoms with Crippen molar-refractivity contribution in [2.24, 2.45) is 0 Å². The Morgan fingerprint density at radius 1 is 1.16 bits per heavy atom. The molecular weight excluding hydrogens is 545 g/mol. The van der Waals surface area contributed by atoms with Gasteiger partial charge in [-0.25, -0.2) is 9.50 Å². The molecule has 0 unspecified atom stereocenters. The number of aromatic nitrogens is 3. The van der Waals surface area contributed by atoms with Crippen LogP contribution < -0.4 is 5.32 Å². The molecule has 0 aliphatic carbocycles. The van der Waals surface area contributed by atoms with Crippen LogP contribution in [0.3, 0.4) is 0 Å². The molecule has 4 rings (SSSR count). The third-order valence-corrected chi connectivity index (χ3v) is 5.67. The van der Waals surface area contributed by atoms with Gasteiger partial charge >= 0.3 is 6.18 Å². The van der Waals surface area contributed by atoms with Gasteiger partial charge in [-0.05, 0) is 62.5 Å². The van der Waals surface area contributed by atoms with Gasteiger partial charge in [0, 0.05) is 0 Å². The molecule has 31 heavy (non-hydrogen) atoms. The van der Waals surface area contributed by atoms with Crippen molar-refractivity contribution in [2.75, 3.05) is 0 Å². The van der Waals surface area contributed by atoms with Crippen molar-refractivity contribution < 1.29 is 22.4 Å². The monoisotopic (exact) mass is 556 g/mol. The second-order valence-electron chi connectivity index (χ2n) is 6.63. The predicted octanol–water partition coefficient (Wildman–Crippen LogP) is 6.02. The first-order valence-corrected chi connectivity index (χ1v) is 10.5. The summed E-state index contributed by atoms with van der Waals surface area (Å²) in [5.74, 6) is -0.499. The molecular formula is C20H13Br2F3N4O2. The third kappa shape index (κ3) is 4.24. The first kappa shape index (κ1) is 21.6. The second-order valence-corrected chi connectivity index (χ2v) is 8.21. The predicted molar refractivity (Wildman–Crippen MR) is 113 cm³/mol. The average molecular weight is 558 g/mol. The number of carbonyl (C=O) groups excluding carboxylic acids is 1. The SMILES string of the molecule is C[C@@H](NC(=O)c1nn2c(C(F)(F)F)cc(-c3ccc(Br)o3)nc2c1Br)c1ccccc1. The zero-order chi connectivity index (χ0) is 22.3. The van der Waals surface area contributed by atoms with Crippen LogP contribution in [-0.4, -0.2) is 20.5 Å². The molecule has 0 fully saturated rings. The number of amides is 1. The number of benzene rings is 1. The highest BCUT2D eigenvalue weighted by Gasteiger charge is 2.37. The summed E-state index contributed by atoms with van der Waals surface area (Å²) in [7, 11) is 0. The lowest BCUT2D eigenvalue weighted by molar-refractivity contribution is -0.142. The fourth-order valence-corrected chi connectivity index (χ4v) is 3.83. The number of nitrogens with one attached hydrogen (secondary N) is 1. The number of fused-ring (bicyclic) bond motifs is 1. The van der Waals surface area contributed by atoms with Gasteiger partial charge in [-0.1, -0.05) is 30.3 Å². The van der Waals surface area contributed by atoms with E-state index in [0.29, 0.717) is 9.18 Å². The van der Waals surface area contributed by atoms with Crippen molar-refractivity contribution >= 4 is 43.4 Å². The maximum atomic E-state index is 13.7. The zero-order valence-corrected chi connectivity index (χ0v) is 18.9. The molecule has 3 aromatic heterocycles. The Morgan fingerprint density at radius 2 is 1.87 bits per heavy atom. The zero-order valence-electron chi connectivity index (χ0n) is 15.7. The molecule has 0 spiro atoms. The summed E-state index contributed by atoms with van der Waals surface area (Å²) in [6, 6.07) is 12.6. The van der Waals surface area contributed by atoms with E-state index in [4.69, 9.17) is 4.42 Å². The minimum atomic E-state index is -4.74.